The van der Waals surface area contributed by atoms with Crippen LogP contribution in [0.15, 0.2) is 71.1 Å². The first-order valence-corrected chi connectivity index (χ1v) is 11.7. The van der Waals surface area contributed by atoms with E-state index in [0.717, 1.165) is 59.4 Å². The maximum atomic E-state index is 12.5. The van der Waals surface area contributed by atoms with E-state index in [2.05, 4.69) is 20.4 Å². The van der Waals surface area contributed by atoms with Crippen molar-refractivity contribution >= 4 is 65.1 Å². The number of aromatic nitrogens is 3. The number of amides is 2. The third kappa shape index (κ3) is 6.51. The van der Waals surface area contributed by atoms with Crippen molar-refractivity contribution in [1.82, 2.24) is 19.3 Å². The summed E-state index contributed by atoms with van der Waals surface area (Å²) in [4.78, 5) is 35.1. The Morgan fingerprint density at radius 2 is 1.94 bits per heavy atom. The van der Waals surface area contributed by atoms with E-state index < -0.39 is 0 Å². The number of imide groups is 1. The van der Waals surface area contributed by atoms with Gasteiger partial charge >= 0.3 is 0 Å². The number of imidazole rings is 1. The molecule has 10 heteroatoms. The van der Waals surface area contributed by atoms with Crippen LogP contribution in [0.3, 0.4) is 0 Å². The summed E-state index contributed by atoms with van der Waals surface area (Å²) in [6.45, 7) is 0.473. The molecule has 0 spiro atoms. The number of rotatable bonds is 9. The third-order valence-corrected chi connectivity index (χ3v) is 6.85. The molecular formula is C22H24Cl2N4O2S2. The Morgan fingerprint density at radius 1 is 1.06 bits per heavy atom. The molecule has 2 amide bonds. The zero-order valence-corrected chi connectivity index (χ0v) is 20.5. The van der Waals surface area contributed by atoms with Crippen molar-refractivity contribution < 1.29 is 9.59 Å². The quantitative estimate of drug-likeness (QED) is 0.210. The molecule has 0 aromatic carbocycles. The lowest BCUT2D eigenvalue weighted by molar-refractivity contribution is -0.122. The third-order valence-electron chi connectivity index (χ3n) is 4.78. The predicted octanol–water partition coefficient (Wildman–Crippen LogP) is 5.66. The maximum absolute atomic E-state index is 12.5. The minimum atomic E-state index is -0.163. The average Bonchev–Trinajstić information content (AvgIpc) is 3.34. The highest BCUT2D eigenvalue weighted by atomic mass is 35.5. The standard InChI is InChI=1S/C22H22N4O2S2.2ClH/c27-21-18(8-3-6-17-7-5-11-23-16-17)30-22(28)26(21)13-1-2-15-29-20-10-4-9-19-24-12-14-25(19)20;;/h4-5,7-12,14,16H,1-3,6,13,15H2;2*1H/b18-8+;;. The van der Waals surface area contributed by atoms with E-state index in [4.69, 9.17) is 0 Å². The van der Waals surface area contributed by atoms with Gasteiger partial charge < -0.3 is 0 Å². The molecule has 4 heterocycles. The molecule has 0 aliphatic carbocycles. The summed E-state index contributed by atoms with van der Waals surface area (Å²) in [5, 5.41) is 0.983. The molecule has 4 rings (SSSR count). The van der Waals surface area contributed by atoms with E-state index in [9.17, 15) is 9.59 Å². The first-order chi connectivity index (χ1) is 14.7. The first-order valence-electron chi connectivity index (χ1n) is 9.90. The van der Waals surface area contributed by atoms with Gasteiger partial charge in [0.15, 0.2) is 0 Å². The Balaban J connectivity index is 0.00000181. The van der Waals surface area contributed by atoms with Crippen molar-refractivity contribution in [3.05, 3.63) is 71.7 Å². The highest BCUT2D eigenvalue weighted by Crippen LogP contribution is 2.31. The lowest BCUT2D eigenvalue weighted by Gasteiger charge is -2.12. The van der Waals surface area contributed by atoms with E-state index in [1.165, 1.54) is 4.90 Å². The topological polar surface area (TPSA) is 67.6 Å². The lowest BCUT2D eigenvalue weighted by atomic mass is 10.1. The van der Waals surface area contributed by atoms with E-state index in [1.807, 2.05) is 42.7 Å². The van der Waals surface area contributed by atoms with Gasteiger partial charge in [0.05, 0.1) is 9.93 Å². The van der Waals surface area contributed by atoms with Gasteiger partial charge in [-0.25, -0.2) is 4.98 Å². The van der Waals surface area contributed by atoms with Crippen molar-refractivity contribution in [1.29, 1.82) is 0 Å². The Labute approximate surface area is 208 Å². The summed E-state index contributed by atoms with van der Waals surface area (Å²) < 4.78 is 2.07. The summed E-state index contributed by atoms with van der Waals surface area (Å²) in [5.41, 5.74) is 2.06. The Hall–Kier alpha value is -2.00. The number of pyridine rings is 2. The largest absolute Gasteiger partial charge is 0.294 e. The molecule has 3 aromatic rings. The van der Waals surface area contributed by atoms with Gasteiger partial charge in [-0.2, -0.15) is 0 Å². The SMILES string of the molecule is Cl.Cl.O=C1S/C(=C/CCc2cccnc2)C(=O)N1CCCCSc1cccc2nccn12. The number of aryl methyl sites for hydroxylation is 1. The molecule has 1 fully saturated rings. The molecule has 0 unspecified atom stereocenters. The van der Waals surface area contributed by atoms with Crippen molar-refractivity contribution in [2.75, 3.05) is 12.3 Å². The molecule has 1 aliphatic heterocycles. The molecule has 0 bridgehead atoms. The zero-order valence-electron chi connectivity index (χ0n) is 17.3. The lowest BCUT2D eigenvalue weighted by Crippen LogP contribution is -2.29. The van der Waals surface area contributed by atoms with E-state index in [-0.39, 0.29) is 36.0 Å². The van der Waals surface area contributed by atoms with Gasteiger partial charge in [-0.3, -0.25) is 23.9 Å². The number of carbonyl (C=O) groups excluding carboxylic acids is 2. The first kappa shape index (κ1) is 26.3. The second-order valence-electron chi connectivity index (χ2n) is 6.87. The number of halogens is 2. The van der Waals surface area contributed by atoms with Crippen molar-refractivity contribution in [2.24, 2.45) is 0 Å². The second-order valence-corrected chi connectivity index (χ2v) is 8.98. The molecule has 0 saturated carbocycles. The summed E-state index contributed by atoms with van der Waals surface area (Å²) in [7, 11) is 0. The normalized spacial score (nSPS) is 14.6. The highest BCUT2D eigenvalue weighted by molar-refractivity contribution is 8.18. The number of allylic oxidation sites excluding steroid dienone is 1. The fraction of sp³-hybridized carbons (Fsp3) is 0.273. The van der Waals surface area contributed by atoms with Crippen LogP contribution in [0.5, 0.6) is 0 Å². The molecule has 3 aromatic heterocycles. The minimum absolute atomic E-state index is 0. The molecule has 170 valence electrons. The van der Waals surface area contributed by atoms with Crippen LogP contribution in [-0.4, -0.2) is 42.7 Å². The fourth-order valence-corrected chi connectivity index (χ4v) is 5.13. The van der Waals surface area contributed by atoms with Crippen LogP contribution in [0.2, 0.25) is 0 Å². The summed E-state index contributed by atoms with van der Waals surface area (Å²) in [5.74, 6) is 0.765. The molecule has 1 aliphatic rings. The number of unbranched alkanes of at least 4 members (excludes halogenated alkanes) is 1. The summed E-state index contributed by atoms with van der Waals surface area (Å²) in [6, 6.07) is 9.97. The minimum Gasteiger partial charge on any atom is -0.294 e. The van der Waals surface area contributed by atoms with Gasteiger partial charge in [0.2, 0.25) is 0 Å². The second kappa shape index (κ2) is 12.9. The van der Waals surface area contributed by atoms with Crippen LogP contribution in [0, 0.1) is 0 Å². The molecule has 0 N–H and O–H groups in total. The Bertz CT molecular complexity index is 1080. The van der Waals surface area contributed by atoms with E-state index in [1.54, 1.807) is 24.2 Å². The van der Waals surface area contributed by atoms with Gasteiger partial charge in [-0.15, -0.1) is 36.6 Å². The highest BCUT2D eigenvalue weighted by Gasteiger charge is 2.34. The molecule has 32 heavy (non-hydrogen) atoms. The van der Waals surface area contributed by atoms with Crippen LogP contribution < -0.4 is 0 Å². The molecule has 1 saturated heterocycles. The van der Waals surface area contributed by atoms with Crippen LogP contribution >= 0.6 is 48.3 Å². The number of hydrogen-bond donors (Lipinski definition) is 0. The van der Waals surface area contributed by atoms with E-state index in [0.29, 0.717) is 11.4 Å². The van der Waals surface area contributed by atoms with Crippen LogP contribution in [0.4, 0.5) is 4.79 Å². The number of hydrogen-bond acceptors (Lipinski definition) is 6. The fourth-order valence-electron chi connectivity index (χ4n) is 3.23. The monoisotopic (exact) mass is 510 g/mol. The van der Waals surface area contributed by atoms with Crippen molar-refractivity contribution in [3.8, 4) is 0 Å². The molecular weight excluding hydrogens is 487 g/mol. The van der Waals surface area contributed by atoms with Gasteiger partial charge in [0, 0.05) is 31.3 Å². The number of nitrogens with zero attached hydrogens (tertiary/aromatic N) is 4. The van der Waals surface area contributed by atoms with Crippen LogP contribution in [-0.2, 0) is 11.2 Å². The molecule has 0 radical (unpaired) electrons. The zero-order chi connectivity index (χ0) is 20.8. The van der Waals surface area contributed by atoms with Gasteiger partial charge in [0.25, 0.3) is 11.1 Å². The van der Waals surface area contributed by atoms with Gasteiger partial charge in [0.1, 0.15) is 5.65 Å². The summed E-state index contributed by atoms with van der Waals surface area (Å²) >= 11 is 2.81. The predicted molar refractivity (Wildman–Crippen MR) is 135 cm³/mol. The van der Waals surface area contributed by atoms with Gasteiger partial charge in [-0.1, -0.05) is 18.2 Å². The molecule has 6 nitrogen and oxygen atoms in total. The van der Waals surface area contributed by atoms with Crippen LogP contribution in [0.25, 0.3) is 5.65 Å². The number of carbonyl (C=O) groups is 2. The maximum Gasteiger partial charge on any atom is 0.293 e. The van der Waals surface area contributed by atoms with Crippen LogP contribution in [0.1, 0.15) is 24.8 Å². The number of fused-ring (bicyclic) bond motifs is 1. The Kier molecular flexibility index (Phi) is 10.6. The van der Waals surface area contributed by atoms with E-state index >= 15 is 0 Å². The number of thioether (sulfide) groups is 2. The van der Waals surface area contributed by atoms with Crippen molar-refractivity contribution in [3.63, 3.8) is 0 Å². The van der Waals surface area contributed by atoms with Gasteiger partial charge in [-0.05, 0) is 67.0 Å². The average molecular weight is 512 g/mol. The summed E-state index contributed by atoms with van der Waals surface area (Å²) in [6.07, 6.45) is 12.4. The van der Waals surface area contributed by atoms with Crippen molar-refractivity contribution in [2.45, 2.75) is 30.7 Å². The molecule has 0 atom stereocenters. The Morgan fingerprint density at radius 3 is 2.75 bits per heavy atom. The smallest absolute Gasteiger partial charge is 0.293 e.